The number of aromatic nitrogens is 1. The fourth-order valence-electron chi connectivity index (χ4n) is 2.71. The third-order valence-corrected chi connectivity index (χ3v) is 5.46. The first kappa shape index (κ1) is 15.9. The highest BCUT2D eigenvalue weighted by molar-refractivity contribution is 7.11. The molecule has 1 aromatic heterocycles. The normalized spacial score (nSPS) is 18.9. The van der Waals surface area contributed by atoms with Crippen LogP contribution in [0.3, 0.4) is 0 Å². The van der Waals surface area contributed by atoms with Gasteiger partial charge in [-0.2, -0.15) is 0 Å². The summed E-state index contributed by atoms with van der Waals surface area (Å²) in [4.78, 5) is 8.68. The Morgan fingerprint density at radius 2 is 1.95 bits per heavy atom. The van der Waals surface area contributed by atoms with Crippen molar-refractivity contribution in [1.29, 1.82) is 0 Å². The first-order valence-electron chi connectivity index (χ1n) is 7.78. The van der Waals surface area contributed by atoms with E-state index in [9.17, 15) is 0 Å². The van der Waals surface area contributed by atoms with Gasteiger partial charge in [0.15, 0.2) is 0 Å². The summed E-state index contributed by atoms with van der Waals surface area (Å²) in [6.07, 6.45) is 2.63. The van der Waals surface area contributed by atoms with Gasteiger partial charge >= 0.3 is 0 Å². The third kappa shape index (κ3) is 3.80. The molecule has 0 saturated carbocycles. The zero-order valence-electron chi connectivity index (χ0n) is 13.6. The van der Waals surface area contributed by atoms with Crippen molar-refractivity contribution in [3.8, 4) is 0 Å². The van der Waals surface area contributed by atoms with Gasteiger partial charge in [0.2, 0.25) is 0 Å². The summed E-state index contributed by atoms with van der Waals surface area (Å²) in [5.74, 6) is 1.33. The van der Waals surface area contributed by atoms with Crippen LogP contribution in [0.5, 0.6) is 0 Å². The fourth-order valence-corrected chi connectivity index (χ4v) is 3.99. The highest BCUT2D eigenvalue weighted by Crippen LogP contribution is 2.33. The topological polar surface area (TPSA) is 42.2 Å². The molecule has 1 fully saturated rings. The van der Waals surface area contributed by atoms with Gasteiger partial charge in [-0.1, -0.05) is 20.8 Å². The van der Waals surface area contributed by atoms with Crippen LogP contribution in [-0.4, -0.2) is 23.0 Å². The second kappa shape index (κ2) is 6.12. The monoisotopic (exact) mass is 295 g/mol. The summed E-state index contributed by atoms with van der Waals surface area (Å²) in [6.45, 7) is 14.3. The summed E-state index contributed by atoms with van der Waals surface area (Å²) >= 11 is 1.81. The second-order valence-corrected chi connectivity index (χ2v) is 8.24. The van der Waals surface area contributed by atoms with E-state index >= 15 is 0 Å². The van der Waals surface area contributed by atoms with E-state index < -0.39 is 0 Å². The Hall–Kier alpha value is -0.450. The van der Waals surface area contributed by atoms with Gasteiger partial charge in [-0.15, -0.1) is 11.3 Å². The molecule has 1 aliphatic rings. The minimum atomic E-state index is -0.286. The molecule has 1 aliphatic heterocycles. The van der Waals surface area contributed by atoms with Gasteiger partial charge in [0.25, 0.3) is 0 Å². The maximum absolute atomic E-state index is 6.32. The molecule has 0 radical (unpaired) electrons. The van der Waals surface area contributed by atoms with Crippen LogP contribution in [-0.2, 0) is 12.1 Å². The van der Waals surface area contributed by atoms with Gasteiger partial charge in [-0.25, -0.2) is 4.98 Å². The van der Waals surface area contributed by atoms with Gasteiger partial charge in [0, 0.05) is 10.4 Å². The quantitative estimate of drug-likeness (QED) is 0.921. The minimum absolute atomic E-state index is 0.286. The molecule has 3 nitrogen and oxygen atoms in total. The number of thiazole rings is 1. The highest BCUT2D eigenvalue weighted by atomic mass is 32.1. The van der Waals surface area contributed by atoms with E-state index in [-0.39, 0.29) is 5.54 Å². The number of likely N-dealkylation sites (tertiary alicyclic amines) is 1. The van der Waals surface area contributed by atoms with Gasteiger partial charge in [-0.05, 0) is 51.6 Å². The Kier molecular flexibility index (Phi) is 4.88. The lowest BCUT2D eigenvalue weighted by Crippen LogP contribution is -2.32. The Balaban J connectivity index is 2.13. The van der Waals surface area contributed by atoms with Crippen molar-refractivity contribution in [2.75, 3.05) is 13.1 Å². The van der Waals surface area contributed by atoms with Crippen LogP contribution in [0.25, 0.3) is 0 Å². The number of rotatable bonds is 4. The molecule has 1 aromatic rings. The Morgan fingerprint density at radius 3 is 2.40 bits per heavy atom. The molecule has 0 spiro atoms. The molecule has 4 heteroatoms. The standard InChI is InChI=1S/C16H29N3S/c1-11(2)14-15(16(4,5)17)20-13(18-14)10-19-8-6-12(3)7-9-19/h11-12H,6-10,17H2,1-5H3. The molecule has 0 unspecified atom stereocenters. The summed E-state index contributed by atoms with van der Waals surface area (Å²) in [7, 11) is 0. The van der Waals surface area contributed by atoms with E-state index in [0.29, 0.717) is 5.92 Å². The maximum atomic E-state index is 6.32. The largest absolute Gasteiger partial charge is 0.321 e. The van der Waals surface area contributed by atoms with Crippen molar-refractivity contribution in [1.82, 2.24) is 9.88 Å². The van der Waals surface area contributed by atoms with E-state index in [1.165, 1.54) is 41.5 Å². The van der Waals surface area contributed by atoms with E-state index in [0.717, 1.165) is 12.5 Å². The highest BCUT2D eigenvalue weighted by Gasteiger charge is 2.26. The third-order valence-electron chi connectivity index (χ3n) is 4.06. The van der Waals surface area contributed by atoms with Gasteiger partial charge in [0.05, 0.1) is 12.2 Å². The molecular formula is C16H29N3S. The molecular weight excluding hydrogens is 266 g/mol. The van der Waals surface area contributed by atoms with Crippen molar-refractivity contribution in [2.45, 2.75) is 65.5 Å². The van der Waals surface area contributed by atoms with Crippen LogP contribution in [0.15, 0.2) is 0 Å². The lowest BCUT2D eigenvalue weighted by atomic mass is 9.98. The zero-order chi connectivity index (χ0) is 14.9. The van der Waals surface area contributed by atoms with Crippen molar-refractivity contribution in [3.05, 3.63) is 15.6 Å². The molecule has 0 bridgehead atoms. The summed E-state index contributed by atoms with van der Waals surface area (Å²) in [5.41, 5.74) is 7.23. The average Bonchev–Trinajstić information content (AvgIpc) is 2.76. The minimum Gasteiger partial charge on any atom is -0.321 e. The van der Waals surface area contributed by atoms with E-state index in [1.54, 1.807) is 0 Å². The van der Waals surface area contributed by atoms with Crippen LogP contribution in [0.1, 0.15) is 69.0 Å². The lowest BCUT2D eigenvalue weighted by Gasteiger charge is -2.29. The number of nitrogens with two attached hydrogens (primary N) is 1. The van der Waals surface area contributed by atoms with E-state index in [2.05, 4.69) is 39.5 Å². The summed E-state index contributed by atoms with van der Waals surface area (Å²) in [6, 6.07) is 0. The van der Waals surface area contributed by atoms with Crippen LogP contribution in [0.2, 0.25) is 0 Å². The van der Waals surface area contributed by atoms with Crippen LogP contribution >= 0.6 is 11.3 Å². The Morgan fingerprint density at radius 1 is 1.35 bits per heavy atom. The van der Waals surface area contributed by atoms with Crippen molar-refractivity contribution in [2.24, 2.45) is 11.7 Å². The Bertz CT molecular complexity index is 437. The molecule has 1 saturated heterocycles. The van der Waals surface area contributed by atoms with E-state index in [1.807, 2.05) is 11.3 Å². The van der Waals surface area contributed by atoms with Crippen molar-refractivity contribution in [3.63, 3.8) is 0 Å². The average molecular weight is 295 g/mol. The van der Waals surface area contributed by atoms with Gasteiger partial charge in [0.1, 0.15) is 5.01 Å². The fraction of sp³-hybridized carbons (Fsp3) is 0.812. The predicted molar refractivity (Wildman–Crippen MR) is 87.1 cm³/mol. The molecule has 2 rings (SSSR count). The smallest absolute Gasteiger partial charge is 0.107 e. The second-order valence-electron chi connectivity index (χ2n) is 7.16. The molecule has 20 heavy (non-hydrogen) atoms. The van der Waals surface area contributed by atoms with Crippen LogP contribution in [0, 0.1) is 5.92 Å². The van der Waals surface area contributed by atoms with Gasteiger partial charge in [-0.3, -0.25) is 4.90 Å². The van der Waals surface area contributed by atoms with Crippen LogP contribution in [0.4, 0.5) is 0 Å². The van der Waals surface area contributed by atoms with E-state index in [4.69, 9.17) is 10.7 Å². The first-order chi connectivity index (χ1) is 9.27. The number of piperidine rings is 1. The number of hydrogen-bond donors (Lipinski definition) is 1. The molecule has 0 aliphatic carbocycles. The SMILES string of the molecule is CC1CCN(Cc2nc(C(C)C)c(C(C)(C)N)s2)CC1. The van der Waals surface area contributed by atoms with Crippen LogP contribution < -0.4 is 5.73 Å². The zero-order valence-corrected chi connectivity index (χ0v) is 14.4. The van der Waals surface area contributed by atoms with Crippen molar-refractivity contribution < 1.29 is 0 Å². The molecule has 2 heterocycles. The summed E-state index contributed by atoms with van der Waals surface area (Å²) < 4.78 is 0. The molecule has 0 aromatic carbocycles. The lowest BCUT2D eigenvalue weighted by molar-refractivity contribution is 0.185. The molecule has 114 valence electrons. The first-order valence-corrected chi connectivity index (χ1v) is 8.60. The maximum Gasteiger partial charge on any atom is 0.107 e. The van der Waals surface area contributed by atoms with Gasteiger partial charge < -0.3 is 5.73 Å². The van der Waals surface area contributed by atoms with Crippen molar-refractivity contribution >= 4 is 11.3 Å². The Labute approximate surface area is 127 Å². The molecule has 0 amide bonds. The number of hydrogen-bond acceptors (Lipinski definition) is 4. The predicted octanol–water partition coefficient (Wildman–Crippen LogP) is 3.69. The molecule has 2 N–H and O–H groups in total. The number of nitrogens with zero attached hydrogens (tertiary/aromatic N) is 2. The summed E-state index contributed by atoms with van der Waals surface area (Å²) in [5, 5.41) is 1.23. The molecule has 0 atom stereocenters.